The average molecular weight is 254 g/mol. The maximum absolute atomic E-state index is 11.5. The predicted molar refractivity (Wildman–Crippen MR) is 72.9 cm³/mol. The molecule has 0 aliphatic carbocycles. The fourth-order valence-electron chi connectivity index (χ4n) is 1.55. The Bertz CT molecular complexity index is 539. The molecule has 2 aromatic rings. The van der Waals surface area contributed by atoms with Gasteiger partial charge < -0.3 is 4.84 Å². The average Bonchev–Trinajstić information content (AvgIpc) is 2.49. The van der Waals surface area contributed by atoms with Gasteiger partial charge >= 0.3 is 5.97 Å². The molecule has 0 radical (unpaired) electrons. The third-order valence-electron chi connectivity index (χ3n) is 2.53. The Balaban J connectivity index is 1.74. The number of aromatic nitrogens is 1. The molecule has 0 saturated carbocycles. The molecule has 0 unspecified atom stereocenters. The van der Waals surface area contributed by atoms with Gasteiger partial charge in [-0.05, 0) is 30.5 Å². The van der Waals surface area contributed by atoms with Crippen molar-refractivity contribution in [3.63, 3.8) is 0 Å². The number of benzene rings is 1. The monoisotopic (exact) mass is 254 g/mol. The Morgan fingerprint density at radius 3 is 2.63 bits per heavy atom. The lowest BCUT2D eigenvalue weighted by Crippen LogP contribution is -2.00. The number of hydrogen-bond donors (Lipinski definition) is 0. The summed E-state index contributed by atoms with van der Waals surface area (Å²) in [5.41, 5.74) is 1.67. The number of carbonyl (C=O) groups is 1. The van der Waals surface area contributed by atoms with Crippen LogP contribution in [0.3, 0.4) is 0 Å². The highest BCUT2D eigenvalue weighted by Gasteiger charge is 2.04. The quantitative estimate of drug-likeness (QED) is 0.468. The van der Waals surface area contributed by atoms with E-state index in [9.17, 15) is 4.79 Å². The van der Waals surface area contributed by atoms with Gasteiger partial charge in [0.25, 0.3) is 0 Å². The third-order valence-corrected chi connectivity index (χ3v) is 2.53. The van der Waals surface area contributed by atoms with Crippen molar-refractivity contribution in [3.05, 3.63) is 66.0 Å². The minimum atomic E-state index is -0.474. The van der Waals surface area contributed by atoms with Crippen LogP contribution in [0.1, 0.15) is 22.3 Å². The van der Waals surface area contributed by atoms with Gasteiger partial charge in [0.15, 0.2) is 0 Å². The molecule has 1 heterocycles. The zero-order chi connectivity index (χ0) is 13.3. The molecule has 0 N–H and O–H groups in total. The number of hydrogen-bond acceptors (Lipinski definition) is 4. The molecular weight excluding hydrogens is 240 g/mol. The smallest absolute Gasteiger partial charge is 0.313 e. The van der Waals surface area contributed by atoms with Gasteiger partial charge in [0.1, 0.15) is 0 Å². The van der Waals surface area contributed by atoms with Gasteiger partial charge in [0.2, 0.25) is 0 Å². The van der Waals surface area contributed by atoms with Crippen LogP contribution in [0.15, 0.2) is 60.0 Å². The number of pyridine rings is 1. The first-order chi connectivity index (χ1) is 9.36. The maximum atomic E-state index is 11.5. The Morgan fingerprint density at radius 1 is 1.16 bits per heavy atom. The highest BCUT2D eigenvalue weighted by atomic mass is 16.7. The van der Waals surface area contributed by atoms with E-state index in [1.54, 1.807) is 18.3 Å². The summed E-state index contributed by atoms with van der Waals surface area (Å²) in [5, 5.41) is 3.67. The summed E-state index contributed by atoms with van der Waals surface area (Å²) in [7, 11) is 0. The topological polar surface area (TPSA) is 51.5 Å². The molecule has 0 spiro atoms. The fourth-order valence-corrected chi connectivity index (χ4v) is 1.55. The number of rotatable bonds is 5. The Labute approximate surface area is 111 Å². The van der Waals surface area contributed by atoms with Crippen molar-refractivity contribution in [2.75, 3.05) is 0 Å². The molecule has 0 bridgehead atoms. The standard InChI is InChI=1S/C15H14N2O2/c18-15(14-8-11-16-12-9-14)19-17-10-4-7-13-5-2-1-3-6-13/h1-3,5-6,8-12H,4,7H2/b17-10+. The number of carbonyl (C=O) groups excluding carboxylic acids is 1. The van der Waals surface area contributed by atoms with Gasteiger partial charge in [-0.15, -0.1) is 0 Å². The first-order valence-corrected chi connectivity index (χ1v) is 6.03. The maximum Gasteiger partial charge on any atom is 0.365 e. The van der Waals surface area contributed by atoms with E-state index in [2.05, 4.69) is 22.3 Å². The Hall–Kier alpha value is -2.49. The summed E-state index contributed by atoms with van der Waals surface area (Å²) in [6.45, 7) is 0. The van der Waals surface area contributed by atoms with E-state index in [4.69, 9.17) is 4.84 Å². The minimum absolute atomic E-state index is 0.440. The van der Waals surface area contributed by atoms with Crippen LogP contribution >= 0.6 is 0 Å². The third kappa shape index (κ3) is 4.35. The summed E-state index contributed by atoms with van der Waals surface area (Å²) in [6.07, 6.45) is 6.28. The van der Waals surface area contributed by atoms with Gasteiger partial charge in [-0.2, -0.15) is 0 Å². The number of nitrogens with zero attached hydrogens (tertiary/aromatic N) is 2. The molecule has 0 aliphatic heterocycles. The number of oxime groups is 1. The summed E-state index contributed by atoms with van der Waals surface area (Å²) in [5.74, 6) is -0.474. The van der Waals surface area contributed by atoms with E-state index in [1.807, 2.05) is 18.2 Å². The van der Waals surface area contributed by atoms with Crippen molar-refractivity contribution < 1.29 is 9.63 Å². The van der Waals surface area contributed by atoms with Crippen molar-refractivity contribution in [2.24, 2.45) is 5.16 Å². The lowest BCUT2D eigenvalue weighted by molar-refractivity contribution is 0.0518. The zero-order valence-electron chi connectivity index (χ0n) is 10.4. The minimum Gasteiger partial charge on any atom is -0.313 e. The van der Waals surface area contributed by atoms with Crippen LogP contribution in [0.25, 0.3) is 0 Å². The molecule has 0 saturated heterocycles. The fraction of sp³-hybridized carbons (Fsp3) is 0.133. The molecule has 0 fully saturated rings. The van der Waals surface area contributed by atoms with E-state index in [-0.39, 0.29) is 0 Å². The van der Waals surface area contributed by atoms with E-state index < -0.39 is 5.97 Å². The van der Waals surface area contributed by atoms with Crippen molar-refractivity contribution in [3.8, 4) is 0 Å². The van der Waals surface area contributed by atoms with Gasteiger partial charge in [-0.3, -0.25) is 4.98 Å². The number of aryl methyl sites for hydroxylation is 1. The van der Waals surface area contributed by atoms with Crippen LogP contribution < -0.4 is 0 Å². The molecule has 0 aliphatic rings. The predicted octanol–water partition coefficient (Wildman–Crippen LogP) is 2.86. The van der Waals surface area contributed by atoms with Crippen molar-refractivity contribution in [1.82, 2.24) is 4.98 Å². The molecule has 4 nitrogen and oxygen atoms in total. The van der Waals surface area contributed by atoms with Crippen LogP contribution in [0.5, 0.6) is 0 Å². The van der Waals surface area contributed by atoms with Crippen LogP contribution in [0.2, 0.25) is 0 Å². The van der Waals surface area contributed by atoms with E-state index in [0.717, 1.165) is 12.8 Å². The highest BCUT2D eigenvalue weighted by molar-refractivity contribution is 5.89. The molecule has 1 aromatic heterocycles. The summed E-state index contributed by atoms with van der Waals surface area (Å²) in [6, 6.07) is 13.2. The van der Waals surface area contributed by atoms with Crippen LogP contribution in [-0.2, 0) is 11.3 Å². The van der Waals surface area contributed by atoms with Gasteiger partial charge in [0, 0.05) is 18.6 Å². The molecule has 96 valence electrons. The second-order valence-electron chi connectivity index (χ2n) is 3.93. The summed E-state index contributed by atoms with van der Waals surface area (Å²) < 4.78 is 0. The highest BCUT2D eigenvalue weighted by Crippen LogP contribution is 2.02. The van der Waals surface area contributed by atoms with Crippen molar-refractivity contribution in [2.45, 2.75) is 12.8 Å². The van der Waals surface area contributed by atoms with Crippen LogP contribution in [-0.4, -0.2) is 17.2 Å². The Morgan fingerprint density at radius 2 is 1.89 bits per heavy atom. The van der Waals surface area contributed by atoms with Crippen molar-refractivity contribution >= 4 is 12.2 Å². The van der Waals surface area contributed by atoms with E-state index >= 15 is 0 Å². The molecule has 4 heteroatoms. The van der Waals surface area contributed by atoms with E-state index in [0.29, 0.717) is 5.56 Å². The van der Waals surface area contributed by atoms with Gasteiger partial charge in [0.05, 0.1) is 5.56 Å². The molecule has 2 rings (SSSR count). The first-order valence-electron chi connectivity index (χ1n) is 6.03. The van der Waals surface area contributed by atoms with E-state index in [1.165, 1.54) is 18.0 Å². The lowest BCUT2D eigenvalue weighted by atomic mass is 10.1. The SMILES string of the molecule is O=C(O/N=C/CCc1ccccc1)c1ccncc1. The lowest BCUT2D eigenvalue weighted by Gasteiger charge is -1.97. The first kappa shape index (κ1) is 13.0. The van der Waals surface area contributed by atoms with Gasteiger partial charge in [-0.25, -0.2) is 4.79 Å². The molecule has 1 aromatic carbocycles. The van der Waals surface area contributed by atoms with Gasteiger partial charge in [-0.1, -0.05) is 35.5 Å². The molecule has 0 amide bonds. The Kier molecular flexibility index (Phi) is 4.81. The summed E-state index contributed by atoms with van der Waals surface area (Å²) in [4.78, 5) is 20.1. The van der Waals surface area contributed by atoms with Crippen LogP contribution in [0, 0.1) is 0 Å². The second-order valence-corrected chi connectivity index (χ2v) is 3.93. The zero-order valence-corrected chi connectivity index (χ0v) is 10.4. The second kappa shape index (κ2) is 7.06. The molecule has 19 heavy (non-hydrogen) atoms. The largest absolute Gasteiger partial charge is 0.365 e. The van der Waals surface area contributed by atoms with Crippen molar-refractivity contribution in [1.29, 1.82) is 0 Å². The molecular formula is C15H14N2O2. The summed E-state index contributed by atoms with van der Waals surface area (Å²) >= 11 is 0. The molecule has 0 atom stereocenters. The normalized spacial score (nSPS) is 10.5. The van der Waals surface area contributed by atoms with Crippen LogP contribution in [0.4, 0.5) is 0 Å².